The number of carbonyl (C=O) groups is 2. The Morgan fingerprint density at radius 2 is 2.00 bits per heavy atom. The van der Waals surface area contributed by atoms with Crippen LogP contribution in [0.2, 0.25) is 0 Å². The Balaban J connectivity index is 2.28. The predicted molar refractivity (Wildman–Crippen MR) is 66.7 cm³/mol. The van der Waals surface area contributed by atoms with E-state index in [1.807, 2.05) is 0 Å². The fourth-order valence-electron chi connectivity index (χ4n) is 1.80. The number of halogens is 1. The zero-order valence-electron chi connectivity index (χ0n) is 10.6. The van der Waals surface area contributed by atoms with Crippen LogP contribution in [0.25, 0.3) is 0 Å². The highest BCUT2D eigenvalue weighted by atomic mass is 19.1. The minimum absolute atomic E-state index is 0.0107. The topological polar surface area (TPSA) is 66.8 Å². The van der Waals surface area contributed by atoms with Crippen LogP contribution in [0, 0.1) is 17.7 Å². The Kier molecular flexibility index (Phi) is 4.45. The Morgan fingerprint density at radius 3 is 2.65 bits per heavy atom. The number of morpholine rings is 1. The Hall–Kier alpha value is -2.23. The molecule has 0 atom stereocenters. The first-order chi connectivity index (χ1) is 9.61. The Morgan fingerprint density at radius 1 is 1.30 bits per heavy atom. The molecule has 1 aromatic carbocycles. The molecule has 2 rings (SSSR count). The van der Waals surface area contributed by atoms with Crippen molar-refractivity contribution in [1.82, 2.24) is 4.90 Å². The van der Waals surface area contributed by atoms with E-state index < -0.39 is 17.6 Å². The second-order valence-electron chi connectivity index (χ2n) is 4.13. The molecule has 0 aromatic heterocycles. The number of aliphatic hydroxyl groups is 1. The summed E-state index contributed by atoms with van der Waals surface area (Å²) >= 11 is 0. The molecule has 5 nitrogen and oxygen atoms in total. The molecule has 0 radical (unpaired) electrons. The van der Waals surface area contributed by atoms with E-state index in [2.05, 4.69) is 11.8 Å². The summed E-state index contributed by atoms with van der Waals surface area (Å²) in [6.07, 6.45) is 0. The Bertz CT molecular complexity index is 587. The number of amides is 2. The lowest BCUT2D eigenvalue weighted by molar-refractivity contribution is -0.159. The van der Waals surface area contributed by atoms with Crippen molar-refractivity contribution in [3.8, 4) is 11.8 Å². The molecule has 0 saturated carbocycles. The molecule has 1 heterocycles. The fourth-order valence-corrected chi connectivity index (χ4v) is 1.80. The monoisotopic (exact) mass is 277 g/mol. The highest BCUT2D eigenvalue weighted by Crippen LogP contribution is 2.15. The van der Waals surface area contributed by atoms with E-state index in [0.717, 1.165) is 4.90 Å². The molecule has 2 amide bonds. The van der Waals surface area contributed by atoms with Crippen LogP contribution in [-0.2, 0) is 20.9 Å². The van der Waals surface area contributed by atoms with Gasteiger partial charge in [-0.05, 0) is 17.7 Å². The third kappa shape index (κ3) is 3.20. The van der Waals surface area contributed by atoms with Gasteiger partial charge in [0.05, 0.1) is 6.54 Å². The van der Waals surface area contributed by atoms with Gasteiger partial charge in [-0.3, -0.25) is 14.5 Å². The lowest BCUT2D eigenvalue weighted by Crippen LogP contribution is -2.45. The van der Waals surface area contributed by atoms with E-state index in [1.54, 1.807) is 0 Å². The van der Waals surface area contributed by atoms with Crippen LogP contribution < -0.4 is 0 Å². The van der Waals surface area contributed by atoms with E-state index in [4.69, 9.17) is 9.84 Å². The normalized spacial score (nSPS) is 15.0. The summed E-state index contributed by atoms with van der Waals surface area (Å²) in [6, 6.07) is 3.90. The molecule has 1 aliphatic rings. The number of hydrogen-bond acceptors (Lipinski definition) is 4. The number of carbonyl (C=O) groups excluding carboxylic acids is 2. The third-order valence-electron chi connectivity index (χ3n) is 2.76. The molecule has 104 valence electrons. The van der Waals surface area contributed by atoms with Crippen molar-refractivity contribution in [3.05, 3.63) is 35.1 Å². The van der Waals surface area contributed by atoms with Crippen LogP contribution in [0.3, 0.4) is 0 Å². The van der Waals surface area contributed by atoms with Gasteiger partial charge in [-0.1, -0.05) is 17.9 Å². The highest BCUT2D eigenvalue weighted by molar-refractivity contribution is 5.98. The first-order valence-corrected chi connectivity index (χ1v) is 5.91. The van der Waals surface area contributed by atoms with Gasteiger partial charge in [-0.15, -0.1) is 0 Å². The maximum atomic E-state index is 13.2. The maximum Gasteiger partial charge on any atom is 0.255 e. The molecule has 1 fully saturated rings. The molecule has 0 bridgehead atoms. The van der Waals surface area contributed by atoms with Gasteiger partial charge in [0.25, 0.3) is 11.8 Å². The average molecular weight is 277 g/mol. The van der Waals surface area contributed by atoms with Crippen LogP contribution in [0.4, 0.5) is 4.39 Å². The Labute approximate surface area is 115 Å². The van der Waals surface area contributed by atoms with Crippen molar-refractivity contribution in [2.45, 2.75) is 6.54 Å². The van der Waals surface area contributed by atoms with Gasteiger partial charge in [0.1, 0.15) is 25.6 Å². The van der Waals surface area contributed by atoms with E-state index in [1.165, 1.54) is 18.2 Å². The SMILES string of the molecule is O=C1COCC(=O)N1Cc1ccc(F)cc1C#CCO. The molecule has 1 saturated heterocycles. The first-order valence-electron chi connectivity index (χ1n) is 5.91. The summed E-state index contributed by atoms with van der Waals surface area (Å²) in [5.41, 5.74) is 0.877. The summed E-state index contributed by atoms with van der Waals surface area (Å²) in [6.45, 7) is -0.642. The fraction of sp³-hybridized carbons (Fsp3) is 0.286. The van der Waals surface area contributed by atoms with Crippen LogP contribution in [-0.4, -0.2) is 41.6 Å². The second-order valence-corrected chi connectivity index (χ2v) is 4.13. The number of benzene rings is 1. The predicted octanol–water partition coefficient (Wildman–Crippen LogP) is 0.0549. The maximum absolute atomic E-state index is 13.2. The van der Waals surface area contributed by atoms with Gasteiger partial charge in [0.2, 0.25) is 0 Å². The molecule has 1 N–H and O–H groups in total. The van der Waals surface area contributed by atoms with Crippen LogP contribution in [0.15, 0.2) is 18.2 Å². The van der Waals surface area contributed by atoms with Crippen molar-refractivity contribution < 1.29 is 23.8 Å². The van der Waals surface area contributed by atoms with E-state index in [-0.39, 0.29) is 26.4 Å². The summed E-state index contributed by atoms with van der Waals surface area (Å²) in [5.74, 6) is 3.67. The zero-order chi connectivity index (χ0) is 14.5. The van der Waals surface area contributed by atoms with Gasteiger partial charge in [0, 0.05) is 5.56 Å². The van der Waals surface area contributed by atoms with Gasteiger partial charge in [0.15, 0.2) is 0 Å². The third-order valence-corrected chi connectivity index (χ3v) is 2.76. The van der Waals surface area contributed by atoms with Crippen LogP contribution in [0.1, 0.15) is 11.1 Å². The van der Waals surface area contributed by atoms with Crippen molar-refractivity contribution in [3.63, 3.8) is 0 Å². The zero-order valence-corrected chi connectivity index (χ0v) is 10.6. The molecule has 20 heavy (non-hydrogen) atoms. The van der Waals surface area contributed by atoms with Gasteiger partial charge >= 0.3 is 0 Å². The van der Waals surface area contributed by atoms with E-state index in [9.17, 15) is 14.0 Å². The minimum Gasteiger partial charge on any atom is -0.384 e. The van der Waals surface area contributed by atoms with Gasteiger partial charge < -0.3 is 9.84 Å². The van der Waals surface area contributed by atoms with Crippen LogP contribution >= 0.6 is 0 Å². The molecule has 0 aliphatic carbocycles. The number of hydrogen-bond donors (Lipinski definition) is 1. The van der Waals surface area contributed by atoms with Crippen molar-refractivity contribution in [1.29, 1.82) is 0 Å². The molecule has 6 heteroatoms. The molecular weight excluding hydrogens is 265 g/mol. The van der Waals surface area contributed by atoms with Crippen molar-refractivity contribution in [2.24, 2.45) is 0 Å². The lowest BCUT2D eigenvalue weighted by atomic mass is 10.1. The molecule has 0 unspecified atom stereocenters. The summed E-state index contributed by atoms with van der Waals surface area (Å²) < 4.78 is 18.0. The van der Waals surface area contributed by atoms with Crippen molar-refractivity contribution >= 4 is 11.8 Å². The smallest absolute Gasteiger partial charge is 0.255 e. The lowest BCUT2D eigenvalue weighted by Gasteiger charge is -2.25. The molecular formula is C14H12FNO4. The van der Waals surface area contributed by atoms with Crippen molar-refractivity contribution in [2.75, 3.05) is 19.8 Å². The number of aliphatic hydroxyl groups excluding tert-OH is 1. The standard InChI is InChI=1S/C14H12FNO4/c15-12-4-3-11(10(6-12)2-1-5-17)7-16-13(18)8-20-9-14(16)19/h3-4,6,17H,5,7-9H2. The van der Waals surface area contributed by atoms with Gasteiger partial charge in [-0.2, -0.15) is 0 Å². The number of rotatable bonds is 2. The van der Waals surface area contributed by atoms with E-state index >= 15 is 0 Å². The highest BCUT2D eigenvalue weighted by Gasteiger charge is 2.27. The number of imide groups is 1. The molecule has 1 aliphatic heterocycles. The minimum atomic E-state index is -0.476. The number of nitrogens with zero attached hydrogens (tertiary/aromatic N) is 1. The first kappa shape index (κ1) is 14.2. The summed E-state index contributed by atoms with van der Waals surface area (Å²) in [4.78, 5) is 24.3. The van der Waals surface area contributed by atoms with Crippen LogP contribution in [0.5, 0.6) is 0 Å². The quantitative estimate of drug-likeness (QED) is 0.613. The average Bonchev–Trinajstić information content (AvgIpc) is 2.42. The molecule has 1 aromatic rings. The second kappa shape index (κ2) is 6.28. The number of ether oxygens (including phenoxy) is 1. The van der Waals surface area contributed by atoms with Gasteiger partial charge in [-0.25, -0.2) is 4.39 Å². The largest absolute Gasteiger partial charge is 0.384 e. The molecule has 0 spiro atoms. The van der Waals surface area contributed by atoms with E-state index in [0.29, 0.717) is 11.1 Å². The summed E-state index contributed by atoms with van der Waals surface area (Å²) in [7, 11) is 0. The summed E-state index contributed by atoms with van der Waals surface area (Å²) in [5, 5.41) is 8.69.